The first kappa shape index (κ1) is 24.1. The molecule has 10 atom stereocenters. The zero-order chi connectivity index (χ0) is 24.4. The average Bonchev–Trinajstić information content (AvgIpc) is 3.33. The predicted octanol–water partition coefficient (Wildman–Crippen LogP) is 5.27. The molecule has 0 aromatic carbocycles. The average molecular weight is 469 g/mol. The Kier molecular flexibility index (Phi) is 6.02. The lowest BCUT2D eigenvalue weighted by Crippen LogP contribution is -2.62. The van der Waals surface area contributed by atoms with E-state index in [1.165, 1.54) is 24.1 Å². The number of nitrogens with zero attached hydrogens (tertiary/aromatic N) is 2. The molecule has 3 fully saturated rings. The number of fused-ring (bicyclic) bond motifs is 6. The number of aliphatic hydroxyl groups is 1. The molecule has 2 N–H and O–H groups in total. The summed E-state index contributed by atoms with van der Waals surface area (Å²) >= 11 is 0. The third-order valence-electron chi connectivity index (χ3n) is 11.6. The number of allylic oxidation sites excluding steroid dienone is 1. The highest BCUT2D eigenvalue weighted by Gasteiger charge is 2.65. The Labute approximate surface area is 205 Å². The molecule has 1 aromatic heterocycles. The second-order valence-corrected chi connectivity index (χ2v) is 12.6. The monoisotopic (exact) mass is 468 g/mol. The molecule has 0 saturated heterocycles. The first-order chi connectivity index (χ1) is 16.2. The van der Waals surface area contributed by atoms with E-state index in [2.05, 4.69) is 50.4 Å². The van der Waals surface area contributed by atoms with E-state index in [9.17, 15) is 15.0 Å². The summed E-state index contributed by atoms with van der Waals surface area (Å²) < 4.78 is 2.06. The first-order valence-corrected chi connectivity index (χ1v) is 13.7. The van der Waals surface area contributed by atoms with Gasteiger partial charge in [-0.2, -0.15) is 5.10 Å². The van der Waals surface area contributed by atoms with Gasteiger partial charge < -0.3 is 10.2 Å². The van der Waals surface area contributed by atoms with Crippen LogP contribution >= 0.6 is 0 Å². The van der Waals surface area contributed by atoms with E-state index in [4.69, 9.17) is 0 Å². The molecule has 1 aromatic rings. The summed E-state index contributed by atoms with van der Waals surface area (Å²) in [6.07, 6.45) is 12.6. The highest BCUT2D eigenvalue weighted by atomic mass is 16.4. The molecule has 5 heteroatoms. The molecule has 3 saturated carbocycles. The van der Waals surface area contributed by atoms with Gasteiger partial charge in [0.15, 0.2) is 0 Å². The Bertz CT molecular complexity index is 955. The number of carboxylic acid groups (broad SMARTS) is 1. The van der Waals surface area contributed by atoms with Gasteiger partial charge in [-0.3, -0.25) is 9.48 Å². The summed E-state index contributed by atoms with van der Waals surface area (Å²) in [6.45, 7) is 11.4. The van der Waals surface area contributed by atoms with Gasteiger partial charge >= 0.3 is 5.97 Å². The number of aliphatic hydroxyl groups excluding tert-OH is 1. The van der Waals surface area contributed by atoms with Crippen molar-refractivity contribution in [2.45, 2.75) is 84.7 Å². The summed E-state index contributed by atoms with van der Waals surface area (Å²) in [6, 6.07) is 0. The van der Waals surface area contributed by atoms with E-state index in [1.54, 1.807) is 0 Å². The van der Waals surface area contributed by atoms with Crippen molar-refractivity contribution in [2.75, 3.05) is 0 Å². The fraction of sp³-hybridized carbons (Fsp3) is 0.793. The maximum atomic E-state index is 12.0. The van der Waals surface area contributed by atoms with E-state index in [1.807, 2.05) is 6.08 Å². The number of hydrogen-bond acceptors (Lipinski definition) is 3. The van der Waals surface area contributed by atoms with E-state index in [0.29, 0.717) is 41.9 Å². The SMILES string of the molecule is C=C[C@H](CCC(=O)O)[C@H]1CC[C@H]2C3[C@H](O)[C@H](CC)[C@@H]4Cc5c(cnn5C)C[C@]4(C)[C@H]3CC[C@]12C. The van der Waals surface area contributed by atoms with Crippen molar-refractivity contribution in [3.8, 4) is 0 Å². The van der Waals surface area contributed by atoms with Crippen LogP contribution in [0.3, 0.4) is 0 Å². The molecule has 0 bridgehead atoms. The molecule has 4 aliphatic rings. The van der Waals surface area contributed by atoms with Crippen LogP contribution in [0.25, 0.3) is 0 Å². The zero-order valence-corrected chi connectivity index (χ0v) is 21.5. The van der Waals surface area contributed by atoms with Gasteiger partial charge in [0.25, 0.3) is 0 Å². The number of carbonyl (C=O) groups is 1. The van der Waals surface area contributed by atoms with Crippen molar-refractivity contribution in [2.24, 2.45) is 59.3 Å². The van der Waals surface area contributed by atoms with Crippen LogP contribution in [0.5, 0.6) is 0 Å². The minimum atomic E-state index is -0.713. The fourth-order valence-electron chi connectivity index (χ4n) is 9.96. The quantitative estimate of drug-likeness (QED) is 0.558. The number of aryl methyl sites for hydroxylation is 1. The smallest absolute Gasteiger partial charge is 0.303 e. The molecule has 188 valence electrons. The van der Waals surface area contributed by atoms with Crippen molar-refractivity contribution in [3.05, 3.63) is 30.1 Å². The van der Waals surface area contributed by atoms with E-state index in [-0.39, 0.29) is 29.3 Å². The number of hydrogen-bond donors (Lipinski definition) is 2. The van der Waals surface area contributed by atoms with Gasteiger partial charge in [0, 0.05) is 19.2 Å². The Morgan fingerprint density at radius 2 is 2.00 bits per heavy atom. The molecule has 5 nitrogen and oxygen atoms in total. The molecular weight excluding hydrogens is 424 g/mol. The van der Waals surface area contributed by atoms with Gasteiger partial charge in [0.05, 0.1) is 12.3 Å². The summed E-state index contributed by atoms with van der Waals surface area (Å²) in [5, 5.41) is 25.9. The van der Waals surface area contributed by atoms with Crippen molar-refractivity contribution in [3.63, 3.8) is 0 Å². The van der Waals surface area contributed by atoms with Crippen LogP contribution in [-0.2, 0) is 24.7 Å². The highest BCUT2D eigenvalue weighted by molar-refractivity contribution is 5.66. The van der Waals surface area contributed by atoms with Crippen molar-refractivity contribution >= 4 is 5.97 Å². The first-order valence-electron chi connectivity index (χ1n) is 13.7. The van der Waals surface area contributed by atoms with Crippen LogP contribution in [0.1, 0.15) is 77.0 Å². The van der Waals surface area contributed by atoms with Crippen molar-refractivity contribution < 1.29 is 15.0 Å². The van der Waals surface area contributed by atoms with E-state index in [0.717, 1.165) is 32.1 Å². The summed E-state index contributed by atoms with van der Waals surface area (Å²) in [5.74, 6) is 2.26. The minimum absolute atomic E-state index is 0.162. The molecule has 0 spiro atoms. The fourth-order valence-corrected chi connectivity index (χ4v) is 9.96. The Balaban J connectivity index is 1.48. The topological polar surface area (TPSA) is 75.3 Å². The van der Waals surface area contributed by atoms with Crippen LogP contribution < -0.4 is 0 Å². The zero-order valence-electron chi connectivity index (χ0n) is 21.5. The van der Waals surface area contributed by atoms with Gasteiger partial charge in [-0.05, 0) is 103 Å². The van der Waals surface area contributed by atoms with Crippen LogP contribution in [-0.4, -0.2) is 32.1 Å². The van der Waals surface area contributed by atoms with E-state index >= 15 is 0 Å². The number of aliphatic carboxylic acids is 1. The lowest BCUT2D eigenvalue weighted by Gasteiger charge is -2.64. The van der Waals surface area contributed by atoms with Crippen LogP contribution in [0.2, 0.25) is 0 Å². The summed E-state index contributed by atoms with van der Waals surface area (Å²) in [4.78, 5) is 11.3. The van der Waals surface area contributed by atoms with Crippen molar-refractivity contribution in [1.82, 2.24) is 9.78 Å². The van der Waals surface area contributed by atoms with Crippen LogP contribution in [0.15, 0.2) is 18.9 Å². The molecule has 0 radical (unpaired) electrons. The maximum absolute atomic E-state index is 12.0. The molecule has 34 heavy (non-hydrogen) atoms. The predicted molar refractivity (Wildman–Crippen MR) is 133 cm³/mol. The van der Waals surface area contributed by atoms with Gasteiger partial charge in [-0.15, -0.1) is 6.58 Å². The van der Waals surface area contributed by atoms with Crippen molar-refractivity contribution in [1.29, 1.82) is 0 Å². The van der Waals surface area contributed by atoms with Gasteiger partial charge in [-0.1, -0.05) is 33.3 Å². The molecule has 0 aliphatic heterocycles. The Morgan fingerprint density at radius 1 is 1.26 bits per heavy atom. The lowest BCUT2D eigenvalue weighted by atomic mass is 9.41. The molecular formula is C29H44N2O3. The van der Waals surface area contributed by atoms with Gasteiger partial charge in [-0.25, -0.2) is 0 Å². The standard InChI is InChI=1S/C29H44N2O3/c1-6-17(8-11-25(32)33)20-9-10-21-26-22(12-13-28(20,21)3)29(4)15-18-16-30-31(5)24(18)14-23(29)19(7-2)27(26)34/h6,16-17,19-23,26-27,34H,1,7-15H2,2-5H3,(H,32,33)/t17-,19-,20-,21+,22+,23+,26?,27-,28-,29-/m1/s1. The lowest BCUT2D eigenvalue weighted by molar-refractivity contribution is -0.186. The Hall–Kier alpha value is -1.62. The second kappa shape index (κ2) is 8.50. The largest absolute Gasteiger partial charge is 0.481 e. The van der Waals surface area contributed by atoms with E-state index < -0.39 is 5.97 Å². The third kappa shape index (κ3) is 3.36. The molecule has 4 aliphatic carbocycles. The van der Waals surface area contributed by atoms with Crippen LogP contribution in [0, 0.1) is 52.3 Å². The van der Waals surface area contributed by atoms with Gasteiger partial charge in [0.2, 0.25) is 0 Å². The highest BCUT2D eigenvalue weighted by Crippen LogP contribution is 2.69. The summed E-state index contributed by atoms with van der Waals surface area (Å²) in [5.41, 5.74) is 3.17. The maximum Gasteiger partial charge on any atom is 0.303 e. The molecule has 1 unspecified atom stereocenters. The minimum Gasteiger partial charge on any atom is -0.481 e. The second-order valence-electron chi connectivity index (χ2n) is 12.6. The third-order valence-corrected chi connectivity index (χ3v) is 11.6. The number of aromatic nitrogens is 2. The number of carboxylic acids is 1. The Morgan fingerprint density at radius 3 is 2.68 bits per heavy atom. The molecule has 5 rings (SSSR count). The normalized spacial score (nSPS) is 43.9. The summed E-state index contributed by atoms with van der Waals surface area (Å²) in [7, 11) is 2.07. The molecule has 1 heterocycles. The molecule has 0 amide bonds. The number of rotatable bonds is 6. The van der Waals surface area contributed by atoms with Gasteiger partial charge in [0.1, 0.15) is 0 Å². The van der Waals surface area contributed by atoms with Crippen LogP contribution in [0.4, 0.5) is 0 Å².